The van der Waals surface area contributed by atoms with Crippen LogP contribution in [-0.4, -0.2) is 43.3 Å². The highest BCUT2D eigenvalue weighted by molar-refractivity contribution is 5.97. The van der Waals surface area contributed by atoms with Crippen molar-refractivity contribution in [3.8, 4) is 22.9 Å². The van der Waals surface area contributed by atoms with Crippen LogP contribution in [-0.2, 0) is 6.42 Å². The number of hydrogen-bond acceptors (Lipinski definition) is 6. The van der Waals surface area contributed by atoms with Crippen LogP contribution in [0.2, 0.25) is 0 Å². The number of ether oxygens (including phenoxy) is 3. The van der Waals surface area contributed by atoms with Gasteiger partial charge in [0.1, 0.15) is 12.1 Å². The summed E-state index contributed by atoms with van der Waals surface area (Å²) in [6, 6.07) is 17.7. The second-order valence-corrected chi connectivity index (χ2v) is 7.55. The van der Waals surface area contributed by atoms with Crippen molar-refractivity contribution >= 4 is 16.8 Å². The van der Waals surface area contributed by atoms with Crippen LogP contribution >= 0.6 is 0 Å². The van der Waals surface area contributed by atoms with Crippen molar-refractivity contribution in [2.45, 2.75) is 6.42 Å². The van der Waals surface area contributed by atoms with E-state index in [4.69, 9.17) is 14.2 Å². The summed E-state index contributed by atoms with van der Waals surface area (Å²) >= 11 is 0. The number of nitrogens with zero attached hydrogens (tertiary/aromatic N) is 2. The largest absolute Gasteiger partial charge is 0.497 e. The van der Waals surface area contributed by atoms with Gasteiger partial charge in [-0.2, -0.15) is 0 Å². The number of rotatable bonds is 8. The SMILES string of the molecule is COc1cccc(-n2cnc3cc(C(=O)NCCc4ccc(OC)c(OC)c4)ccc3c2=O)c1. The topological polar surface area (TPSA) is 91.7 Å². The fourth-order valence-corrected chi connectivity index (χ4v) is 3.67. The molecule has 1 heterocycles. The first kappa shape index (κ1) is 22.8. The number of carbonyl (C=O) groups is 1. The van der Waals surface area contributed by atoms with Crippen LogP contribution in [0.5, 0.6) is 17.2 Å². The van der Waals surface area contributed by atoms with Crippen molar-refractivity contribution in [3.63, 3.8) is 0 Å². The Balaban J connectivity index is 1.48. The Hall–Kier alpha value is -4.33. The molecule has 3 aromatic carbocycles. The third kappa shape index (κ3) is 4.71. The van der Waals surface area contributed by atoms with Crippen molar-refractivity contribution in [2.24, 2.45) is 0 Å². The summed E-state index contributed by atoms with van der Waals surface area (Å²) in [6.07, 6.45) is 2.08. The lowest BCUT2D eigenvalue weighted by Crippen LogP contribution is -2.26. The quantitative estimate of drug-likeness (QED) is 0.434. The zero-order valence-corrected chi connectivity index (χ0v) is 19.2. The average molecular weight is 460 g/mol. The molecule has 1 N–H and O–H groups in total. The number of carbonyl (C=O) groups excluding carboxylic acids is 1. The summed E-state index contributed by atoms with van der Waals surface area (Å²) in [7, 11) is 4.74. The molecular formula is C26H25N3O5. The Bertz CT molecular complexity index is 1400. The number of methoxy groups -OCH3 is 3. The molecule has 8 nitrogen and oxygen atoms in total. The third-order valence-electron chi connectivity index (χ3n) is 5.50. The van der Waals surface area contributed by atoms with Gasteiger partial charge in [-0.05, 0) is 54.4 Å². The molecule has 34 heavy (non-hydrogen) atoms. The maximum atomic E-state index is 13.0. The lowest BCUT2D eigenvalue weighted by Gasteiger charge is -2.11. The molecule has 0 aliphatic carbocycles. The molecule has 0 saturated heterocycles. The summed E-state index contributed by atoms with van der Waals surface area (Å²) in [6.45, 7) is 0.442. The van der Waals surface area contributed by atoms with Gasteiger partial charge in [0.15, 0.2) is 11.5 Å². The van der Waals surface area contributed by atoms with Crippen LogP contribution < -0.4 is 25.1 Å². The summed E-state index contributed by atoms with van der Waals surface area (Å²) < 4.78 is 17.3. The molecule has 0 atom stereocenters. The van der Waals surface area contributed by atoms with Gasteiger partial charge < -0.3 is 19.5 Å². The van der Waals surface area contributed by atoms with Crippen molar-refractivity contribution in [3.05, 3.63) is 88.5 Å². The minimum atomic E-state index is -0.235. The smallest absolute Gasteiger partial charge is 0.265 e. The maximum absolute atomic E-state index is 13.0. The van der Waals surface area contributed by atoms with E-state index in [1.165, 1.54) is 10.9 Å². The summed E-state index contributed by atoms with van der Waals surface area (Å²) in [4.78, 5) is 30.1. The van der Waals surface area contributed by atoms with Crippen LogP contribution in [0.15, 0.2) is 71.8 Å². The van der Waals surface area contributed by atoms with E-state index >= 15 is 0 Å². The van der Waals surface area contributed by atoms with Crippen LogP contribution in [0.25, 0.3) is 16.6 Å². The van der Waals surface area contributed by atoms with E-state index in [9.17, 15) is 9.59 Å². The van der Waals surface area contributed by atoms with Gasteiger partial charge in [-0.25, -0.2) is 4.98 Å². The van der Waals surface area contributed by atoms with E-state index in [0.29, 0.717) is 52.4 Å². The number of aromatic nitrogens is 2. The van der Waals surface area contributed by atoms with Gasteiger partial charge >= 0.3 is 0 Å². The summed E-state index contributed by atoms with van der Waals surface area (Å²) in [5, 5.41) is 3.33. The molecule has 1 aromatic heterocycles. The second kappa shape index (κ2) is 10.1. The normalized spacial score (nSPS) is 10.7. The predicted molar refractivity (Wildman–Crippen MR) is 129 cm³/mol. The Kier molecular flexibility index (Phi) is 6.77. The first-order valence-electron chi connectivity index (χ1n) is 10.7. The van der Waals surface area contributed by atoms with Gasteiger partial charge in [0.2, 0.25) is 0 Å². The molecule has 4 rings (SSSR count). The Morgan fingerprint density at radius 3 is 2.53 bits per heavy atom. The number of hydrogen-bond donors (Lipinski definition) is 1. The number of nitrogens with one attached hydrogen (secondary N) is 1. The Morgan fingerprint density at radius 2 is 1.76 bits per heavy atom. The van der Waals surface area contributed by atoms with Gasteiger partial charge in [-0.3, -0.25) is 14.2 Å². The summed E-state index contributed by atoms with van der Waals surface area (Å²) in [5.74, 6) is 1.71. The molecule has 0 fully saturated rings. The van der Waals surface area contributed by atoms with E-state index < -0.39 is 0 Å². The molecule has 0 radical (unpaired) electrons. The fourth-order valence-electron chi connectivity index (χ4n) is 3.67. The summed E-state index contributed by atoms with van der Waals surface area (Å²) in [5.41, 5.74) is 2.33. The van der Waals surface area contributed by atoms with Crippen LogP contribution in [0.3, 0.4) is 0 Å². The highest BCUT2D eigenvalue weighted by atomic mass is 16.5. The standard InChI is InChI=1S/C26H25N3O5/c1-32-20-6-4-5-19(15-20)29-16-28-22-14-18(8-9-21(22)26(29)31)25(30)27-12-11-17-7-10-23(33-2)24(13-17)34-3/h4-10,13-16H,11-12H2,1-3H3,(H,27,30). The molecular weight excluding hydrogens is 434 g/mol. The Morgan fingerprint density at radius 1 is 0.941 bits per heavy atom. The molecule has 4 aromatic rings. The van der Waals surface area contributed by atoms with Crippen molar-refractivity contribution in [1.82, 2.24) is 14.9 Å². The highest BCUT2D eigenvalue weighted by Crippen LogP contribution is 2.27. The van der Waals surface area contributed by atoms with Gasteiger partial charge in [-0.15, -0.1) is 0 Å². The van der Waals surface area contributed by atoms with E-state index in [0.717, 1.165) is 5.56 Å². The first-order chi connectivity index (χ1) is 16.5. The van der Waals surface area contributed by atoms with E-state index in [1.54, 1.807) is 63.8 Å². The van der Waals surface area contributed by atoms with Gasteiger partial charge in [-0.1, -0.05) is 12.1 Å². The average Bonchev–Trinajstić information content (AvgIpc) is 2.88. The van der Waals surface area contributed by atoms with Gasteiger partial charge in [0.05, 0.1) is 37.9 Å². The van der Waals surface area contributed by atoms with Gasteiger partial charge in [0, 0.05) is 18.2 Å². The molecule has 0 bridgehead atoms. The van der Waals surface area contributed by atoms with Crippen molar-refractivity contribution in [2.75, 3.05) is 27.9 Å². The number of benzene rings is 3. The molecule has 174 valence electrons. The first-order valence-corrected chi connectivity index (χ1v) is 10.7. The minimum absolute atomic E-state index is 0.223. The monoisotopic (exact) mass is 459 g/mol. The molecule has 1 amide bonds. The van der Waals surface area contributed by atoms with Gasteiger partial charge in [0.25, 0.3) is 11.5 Å². The van der Waals surface area contributed by atoms with Crippen LogP contribution in [0.1, 0.15) is 15.9 Å². The van der Waals surface area contributed by atoms with Crippen molar-refractivity contribution < 1.29 is 19.0 Å². The fraction of sp³-hybridized carbons (Fsp3) is 0.192. The van der Waals surface area contributed by atoms with Crippen LogP contribution in [0, 0.1) is 0 Å². The van der Waals surface area contributed by atoms with E-state index in [-0.39, 0.29) is 11.5 Å². The number of fused-ring (bicyclic) bond motifs is 1. The molecule has 0 spiro atoms. The zero-order chi connectivity index (χ0) is 24.1. The lowest BCUT2D eigenvalue weighted by atomic mass is 10.1. The highest BCUT2D eigenvalue weighted by Gasteiger charge is 2.11. The minimum Gasteiger partial charge on any atom is -0.497 e. The predicted octanol–water partition coefficient (Wildman–Crippen LogP) is 3.38. The second-order valence-electron chi connectivity index (χ2n) is 7.55. The number of amides is 1. The molecule has 0 aliphatic heterocycles. The maximum Gasteiger partial charge on any atom is 0.265 e. The van der Waals surface area contributed by atoms with Crippen LogP contribution in [0.4, 0.5) is 0 Å². The Labute approximate surface area is 196 Å². The van der Waals surface area contributed by atoms with Crippen molar-refractivity contribution in [1.29, 1.82) is 0 Å². The molecule has 0 unspecified atom stereocenters. The van der Waals surface area contributed by atoms with E-state index in [1.807, 2.05) is 18.2 Å². The molecule has 0 saturated carbocycles. The molecule has 0 aliphatic rings. The lowest BCUT2D eigenvalue weighted by molar-refractivity contribution is 0.0954. The molecule has 8 heteroatoms. The zero-order valence-electron chi connectivity index (χ0n) is 19.2. The van der Waals surface area contributed by atoms with E-state index in [2.05, 4.69) is 10.3 Å². The third-order valence-corrected chi connectivity index (χ3v) is 5.50.